The van der Waals surface area contributed by atoms with Crippen molar-refractivity contribution in [2.24, 2.45) is 5.73 Å². The van der Waals surface area contributed by atoms with Crippen LogP contribution < -0.4 is 10.5 Å². The van der Waals surface area contributed by atoms with Crippen LogP contribution in [0.15, 0.2) is 24.3 Å². The minimum absolute atomic E-state index is 0.145. The number of benzene rings is 1. The first-order chi connectivity index (χ1) is 10.3. The number of piperidine rings is 1. The van der Waals surface area contributed by atoms with Crippen LogP contribution in [0, 0.1) is 0 Å². The van der Waals surface area contributed by atoms with Crippen molar-refractivity contribution in [3.63, 3.8) is 0 Å². The van der Waals surface area contributed by atoms with Gasteiger partial charge < -0.3 is 15.4 Å². The molecule has 2 aliphatic heterocycles. The Balaban J connectivity index is 1.78. The lowest BCUT2D eigenvalue weighted by molar-refractivity contribution is 0.0193. The number of hydrogen-bond acceptors (Lipinski definition) is 4. The average molecular weight is 289 g/mol. The van der Waals surface area contributed by atoms with Gasteiger partial charge in [0.1, 0.15) is 12.4 Å². The lowest BCUT2D eigenvalue weighted by Gasteiger charge is -2.48. The summed E-state index contributed by atoms with van der Waals surface area (Å²) in [5.74, 6) is 1.04. The van der Waals surface area contributed by atoms with E-state index >= 15 is 0 Å². The van der Waals surface area contributed by atoms with Gasteiger partial charge in [0.05, 0.1) is 0 Å². The van der Waals surface area contributed by atoms with Crippen molar-refractivity contribution in [3.8, 4) is 5.75 Å². The molecule has 0 amide bonds. The second-order valence-electron chi connectivity index (χ2n) is 6.24. The van der Waals surface area contributed by atoms with Crippen LogP contribution in [0.2, 0.25) is 0 Å². The molecule has 0 spiro atoms. The van der Waals surface area contributed by atoms with E-state index in [0.717, 1.165) is 51.6 Å². The van der Waals surface area contributed by atoms with Gasteiger partial charge in [-0.1, -0.05) is 25.1 Å². The summed E-state index contributed by atoms with van der Waals surface area (Å²) in [5.41, 5.74) is 7.66. The Labute approximate surface area is 127 Å². The Morgan fingerprint density at radius 1 is 1.19 bits per heavy atom. The average Bonchev–Trinajstić information content (AvgIpc) is 2.77. The molecule has 0 atom stereocenters. The number of nitrogens with zero attached hydrogens (tertiary/aromatic N) is 2. The summed E-state index contributed by atoms with van der Waals surface area (Å²) >= 11 is 0. The third-order valence-electron chi connectivity index (χ3n) is 5.24. The molecule has 0 aromatic heterocycles. The summed E-state index contributed by atoms with van der Waals surface area (Å²) in [6.07, 6.45) is 2.33. The van der Waals surface area contributed by atoms with Crippen molar-refractivity contribution in [2.45, 2.75) is 31.8 Å². The van der Waals surface area contributed by atoms with E-state index in [-0.39, 0.29) is 5.54 Å². The number of nitrogens with two attached hydrogens (primary N) is 1. The minimum Gasteiger partial charge on any atom is -0.492 e. The van der Waals surface area contributed by atoms with Gasteiger partial charge in [0, 0.05) is 30.7 Å². The Morgan fingerprint density at radius 2 is 1.95 bits per heavy atom. The molecule has 2 heterocycles. The molecule has 0 saturated carbocycles. The molecule has 3 rings (SSSR count). The molecule has 1 aromatic carbocycles. The maximum atomic E-state index is 6.23. The molecule has 0 aliphatic carbocycles. The normalized spacial score (nSPS) is 23.1. The van der Waals surface area contributed by atoms with Crippen molar-refractivity contribution in [2.75, 3.05) is 39.3 Å². The SMILES string of the molecule is CCN1CCC(CN)(N2CCOc3ccccc3C2)CC1. The van der Waals surface area contributed by atoms with Crippen molar-refractivity contribution >= 4 is 0 Å². The van der Waals surface area contributed by atoms with Gasteiger partial charge in [-0.2, -0.15) is 0 Å². The molecule has 4 heteroatoms. The topological polar surface area (TPSA) is 41.7 Å². The van der Waals surface area contributed by atoms with Crippen LogP contribution in [-0.2, 0) is 6.54 Å². The first kappa shape index (κ1) is 14.8. The van der Waals surface area contributed by atoms with Crippen molar-refractivity contribution < 1.29 is 4.74 Å². The molecule has 4 nitrogen and oxygen atoms in total. The van der Waals surface area contributed by atoms with E-state index in [2.05, 4.69) is 34.9 Å². The summed E-state index contributed by atoms with van der Waals surface area (Å²) in [5, 5.41) is 0. The molecule has 0 unspecified atom stereocenters. The van der Waals surface area contributed by atoms with E-state index in [0.29, 0.717) is 0 Å². The van der Waals surface area contributed by atoms with Gasteiger partial charge in [0.15, 0.2) is 0 Å². The summed E-state index contributed by atoms with van der Waals surface area (Å²) in [7, 11) is 0. The van der Waals surface area contributed by atoms with Crippen LogP contribution >= 0.6 is 0 Å². The largest absolute Gasteiger partial charge is 0.492 e. The molecule has 0 radical (unpaired) electrons. The fraction of sp³-hybridized carbons (Fsp3) is 0.647. The first-order valence-corrected chi connectivity index (χ1v) is 8.15. The fourth-order valence-corrected chi connectivity index (χ4v) is 3.67. The van der Waals surface area contributed by atoms with Gasteiger partial charge in [-0.05, 0) is 38.5 Å². The predicted molar refractivity (Wildman–Crippen MR) is 85.5 cm³/mol. The molecule has 2 N–H and O–H groups in total. The maximum Gasteiger partial charge on any atom is 0.123 e. The number of fused-ring (bicyclic) bond motifs is 1. The Morgan fingerprint density at radius 3 is 2.67 bits per heavy atom. The summed E-state index contributed by atoms with van der Waals surface area (Å²) < 4.78 is 5.91. The number of para-hydroxylation sites is 1. The van der Waals surface area contributed by atoms with Crippen LogP contribution in [0.1, 0.15) is 25.3 Å². The van der Waals surface area contributed by atoms with Gasteiger partial charge in [-0.15, -0.1) is 0 Å². The highest BCUT2D eigenvalue weighted by atomic mass is 16.5. The molecule has 2 aliphatic rings. The van der Waals surface area contributed by atoms with Crippen LogP contribution in [0.3, 0.4) is 0 Å². The molecule has 0 bridgehead atoms. The highest BCUT2D eigenvalue weighted by Gasteiger charge is 2.39. The fourth-order valence-electron chi connectivity index (χ4n) is 3.67. The zero-order valence-electron chi connectivity index (χ0n) is 13.1. The Hall–Kier alpha value is -1.10. The predicted octanol–water partition coefficient (Wildman–Crippen LogP) is 1.69. The molecular formula is C17H27N3O. The smallest absolute Gasteiger partial charge is 0.123 e. The summed E-state index contributed by atoms with van der Waals surface area (Å²) in [6, 6.07) is 8.40. The molecule has 1 aromatic rings. The Bertz CT molecular complexity index is 469. The van der Waals surface area contributed by atoms with E-state index in [1.807, 2.05) is 6.07 Å². The standard InChI is InChI=1S/C17H27N3O/c1-2-19-9-7-17(14-18,8-10-19)20-11-12-21-16-6-4-3-5-15(16)13-20/h3-6H,2,7-14,18H2,1H3. The maximum absolute atomic E-state index is 6.23. The Kier molecular flexibility index (Phi) is 4.48. The van der Waals surface area contributed by atoms with Crippen LogP contribution in [-0.4, -0.2) is 54.7 Å². The first-order valence-electron chi connectivity index (χ1n) is 8.15. The monoisotopic (exact) mass is 289 g/mol. The third kappa shape index (κ3) is 2.93. The van der Waals surface area contributed by atoms with Gasteiger partial charge >= 0.3 is 0 Å². The van der Waals surface area contributed by atoms with Gasteiger partial charge in [0.25, 0.3) is 0 Å². The van der Waals surface area contributed by atoms with Gasteiger partial charge in [-0.3, -0.25) is 4.90 Å². The lowest BCUT2D eigenvalue weighted by Crippen LogP contribution is -2.59. The van der Waals surface area contributed by atoms with E-state index in [9.17, 15) is 0 Å². The van der Waals surface area contributed by atoms with E-state index in [1.54, 1.807) is 0 Å². The number of hydrogen-bond donors (Lipinski definition) is 1. The quantitative estimate of drug-likeness (QED) is 0.919. The van der Waals surface area contributed by atoms with Crippen LogP contribution in [0.5, 0.6) is 5.75 Å². The molecule has 116 valence electrons. The van der Waals surface area contributed by atoms with Crippen molar-refractivity contribution in [3.05, 3.63) is 29.8 Å². The third-order valence-corrected chi connectivity index (χ3v) is 5.24. The minimum atomic E-state index is 0.145. The lowest BCUT2D eigenvalue weighted by atomic mass is 9.85. The molecule has 1 saturated heterocycles. The van der Waals surface area contributed by atoms with E-state index in [1.165, 1.54) is 18.4 Å². The molecular weight excluding hydrogens is 262 g/mol. The second kappa shape index (κ2) is 6.34. The van der Waals surface area contributed by atoms with E-state index in [4.69, 9.17) is 10.5 Å². The highest BCUT2D eigenvalue weighted by Crippen LogP contribution is 2.32. The van der Waals surface area contributed by atoms with Gasteiger partial charge in [0.2, 0.25) is 0 Å². The van der Waals surface area contributed by atoms with Crippen LogP contribution in [0.25, 0.3) is 0 Å². The molecule has 21 heavy (non-hydrogen) atoms. The number of rotatable bonds is 3. The van der Waals surface area contributed by atoms with Crippen LogP contribution in [0.4, 0.5) is 0 Å². The zero-order valence-corrected chi connectivity index (χ0v) is 13.1. The van der Waals surface area contributed by atoms with Gasteiger partial charge in [-0.25, -0.2) is 0 Å². The molecule has 1 fully saturated rings. The zero-order chi connectivity index (χ0) is 14.7. The number of ether oxygens (including phenoxy) is 1. The number of likely N-dealkylation sites (tertiary alicyclic amines) is 1. The second-order valence-corrected chi connectivity index (χ2v) is 6.24. The van der Waals surface area contributed by atoms with Crippen molar-refractivity contribution in [1.29, 1.82) is 0 Å². The summed E-state index contributed by atoms with van der Waals surface area (Å²) in [6.45, 7) is 9.14. The van der Waals surface area contributed by atoms with E-state index < -0.39 is 0 Å². The summed E-state index contributed by atoms with van der Waals surface area (Å²) in [4.78, 5) is 5.10. The highest BCUT2D eigenvalue weighted by molar-refractivity contribution is 5.34. The van der Waals surface area contributed by atoms with Crippen molar-refractivity contribution in [1.82, 2.24) is 9.80 Å².